The van der Waals surface area contributed by atoms with E-state index in [1.54, 1.807) is 0 Å². The number of ether oxygens (including phenoxy) is 1. The zero-order chi connectivity index (χ0) is 15.0. The highest BCUT2D eigenvalue weighted by Gasteiger charge is 2.39. The predicted molar refractivity (Wildman–Crippen MR) is 76.5 cm³/mol. The van der Waals surface area contributed by atoms with Gasteiger partial charge in [0, 0.05) is 13.5 Å². The Balaban J connectivity index is 1.79. The molecule has 7 heteroatoms. The highest BCUT2D eigenvalue weighted by molar-refractivity contribution is 7.17. The molecule has 21 heavy (non-hydrogen) atoms. The number of anilines is 1. The number of aromatic nitrogens is 1. The first kappa shape index (κ1) is 14.3. The van der Waals surface area contributed by atoms with Crippen LogP contribution in [-0.2, 0) is 20.7 Å². The van der Waals surface area contributed by atoms with Crippen molar-refractivity contribution in [1.29, 1.82) is 0 Å². The number of hydrogen-bond donors (Lipinski definition) is 1. The van der Waals surface area contributed by atoms with Crippen LogP contribution >= 0.6 is 11.3 Å². The van der Waals surface area contributed by atoms with Crippen molar-refractivity contribution in [3.63, 3.8) is 0 Å². The maximum atomic E-state index is 12.5. The van der Waals surface area contributed by atoms with E-state index in [1.807, 2.05) is 0 Å². The molecule has 1 N–H and O–H groups in total. The number of aryl methyl sites for hydroxylation is 1. The van der Waals surface area contributed by atoms with Crippen LogP contribution < -0.4 is 5.32 Å². The fourth-order valence-electron chi connectivity index (χ4n) is 2.79. The molecule has 6 nitrogen and oxygen atoms in total. The topological polar surface area (TPSA) is 85.4 Å². The summed E-state index contributed by atoms with van der Waals surface area (Å²) in [5, 5.41) is 3.01. The fourth-order valence-corrected chi connectivity index (χ4v) is 3.84. The summed E-state index contributed by atoms with van der Waals surface area (Å²) in [5.74, 6) is -1.12. The molecule has 1 amide bonds. The molecular formula is C14H16N2O4S. The summed E-state index contributed by atoms with van der Waals surface area (Å²) >= 11 is 1.15. The molecular weight excluding hydrogens is 292 g/mol. The number of carbonyl (C=O) groups is 3. The summed E-state index contributed by atoms with van der Waals surface area (Å²) in [6, 6.07) is 0. The Labute approximate surface area is 125 Å². The highest BCUT2D eigenvalue weighted by Crippen LogP contribution is 2.34. The molecule has 2 heterocycles. The molecule has 2 atom stereocenters. The van der Waals surface area contributed by atoms with E-state index in [0.717, 1.165) is 17.8 Å². The van der Waals surface area contributed by atoms with E-state index >= 15 is 0 Å². The number of thiazole rings is 1. The van der Waals surface area contributed by atoms with Crippen LogP contribution in [0.5, 0.6) is 0 Å². The van der Waals surface area contributed by atoms with Crippen LogP contribution in [0.1, 0.15) is 41.6 Å². The van der Waals surface area contributed by atoms with Gasteiger partial charge < -0.3 is 10.1 Å². The van der Waals surface area contributed by atoms with Crippen molar-refractivity contribution < 1.29 is 19.1 Å². The van der Waals surface area contributed by atoms with E-state index < -0.39 is 12.0 Å². The minimum Gasteiger partial charge on any atom is -0.370 e. The van der Waals surface area contributed by atoms with Gasteiger partial charge in [0.1, 0.15) is 6.10 Å². The minimum atomic E-state index is -0.619. The van der Waals surface area contributed by atoms with Gasteiger partial charge in [-0.3, -0.25) is 14.4 Å². The van der Waals surface area contributed by atoms with Crippen molar-refractivity contribution >= 4 is 33.9 Å². The van der Waals surface area contributed by atoms with Crippen LogP contribution in [0.2, 0.25) is 0 Å². The van der Waals surface area contributed by atoms with Gasteiger partial charge in [-0.1, -0.05) is 11.3 Å². The third kappa shape index (κ3) is 2.75. The molecule has 2 aliphatic rings. The molecule has 0 aromatic carbocycles. The van der Waals surface area contributed by atoms with Gasteiger partial charge in [-0.05, 0) is 25.7 Å². The SMILES string of the molecule is CC(=O)Nc1nc2c(s1)C(=O)C(C(=O)C1CCCO1)CC2. The van der Waals surface area contributed by atoms with Gasteiger partial charge in [-0.2, -0.15) is 0 Å². The Morgan fingerprint density at radius 1 is 1.38 bits per heavy atom. The number of ketones is 2. The van der Waals surface area contributed by atoms with Crippen molar-refractivity contribution in [1.82, 2.24) is 4.98 Å². The average Bonchev–Trinajstić information content (AvgIpc) is 3.06. The molecule has 1 aliphatic heterocycles. The molecule has 0 bridgehead atoms. The minimum absolute atomic E-state index is 0.0994. The third-order valence-electron chi connectivity index (χ3n) is 3.78. The van der Waals surface area contributed by atoms with Crippen molar-refractivity contribution in [3.05, 3.63) is 10.6 Å². The zero-order valence-electron chi connectivity index (χ0n) is 11.7. The number of amides is 1. The number of Topliss-reactive ketones (excluding diaryl/α,β-unsaturated/α-hetero) is 2. The molecule has 1 aromatic heterocycles. The summed E-state index contributed by atoms with van der Waals surface area (Å²) in [7, 11) is 0. The van der Waals surface area contributed by atoms with E-state index in [1.165, 1.54) is 6.92 Å². The number of hydrogen-bond acceptors (Lipinski definition) is 6. The lowest BCUT2D eigenvalue weighted by atomic mass is 9.84. The average molecular weight is 308 g/mol. The lowest BCUT2D eigenvalue weighted by Gasteiger charge is -2.21. The Bertz CT molecular complexity index is 604. The standard InChI is InChI=1S/C14H16N2O4S/c1-7(17)15-14-16-9-5-4-8(12(19)13(9)21-14)11(18)10-3-2-6-20-10/h8,10H,2-6H2,1H3,(H,15,16,17). The van der Waals surface area contributed by atoms with Gasteiger partial charge in [0.05, 0.1) is 16.5 Å². The highest BCUT2D eigenvalue weighted by atomic mass is 32.1. The van der Waals surface area contributed by atoms with E-state index in [4.69, 9.17) is 4.74 Å². The van der Waals surface area contributed by atoms with E-state index in [9.17, 15) is 14.4 Å². The van der Waals surface area contributed by atoms with Crippen LogP contribution in [0.25, 0.3) is 0 Å². The molecule has 2 unspecified atom stereocenters. The monoisotopic (exact) mass is 308 g/mol. The van der Waals surface area contributed by atoms with Gasteiger partial charge in [0.2, 0.25) is 5.91 Å². The first-order valence-corrected chi connectivity index (χ1v) is 7.84. The summed E-state index contributed by atoms with van der Waals surface area (Å²) in [6.07, 6.45) is 2.21. The second-order valence-corrected chi connectivity index (χ2v) is 6.33. The molecule has 3 rings (SSSR count). The van der Waals surface area contributed by atoms with Crippen molar-refractivity contribution in [2.45, 2.75) is 38.7 Å². The van der Waals surface area contributed by atoms with Crippen LogP contribution in [0.15, 0.2) is 0 Å². The smallest absolute Gasteiger partial charge is 0.223 e. The summed E-state index contributed by atoms with van der Waals surface area (Å²) in [4.78, 5) is 40.7. The maximum Gasteiger partial charge on any atom is 0.223 e. The van der Waals surface area contributed by atoms with Crippen LogP contribution in [0, 0.1) is 5.92 Å². The first-order chi connectivity index (χ1) is 10.1. The largest absolute Gasteiger partial charge is 0.370 e. The first-order valence-electron chi connectivity index (χ1n) is 7.03. The van der Waals surface area contributed by atoms with Gasteiger partial charge in [-0.15, -0.1) is 0 Å². The molecule has 0 saturated carbocycles. The van der Waals surface area contributed by atoms with Crippen LogP contribution in [0.4, 0.5) is 5.13 Å². The quantitative estimate of drug-likeness (QED) is 0.857. The Morgan fingerprint density at radius 3 is 2.86 bits per heavy atom. The number of nitrogens with zero attached hydrogens (tertiary/aromatic N) is 1. The van der Waals surface area contributed by atoms with Crippen molar-refractivity contribution in [2.75, 3.05) is 11.9 Å². The summed E-state index contributed by atoms with van der Waals surface area (Å²) in [6.45, 7) is 1.99. The second-order valence-electron chi connectivity index (χ2n) is 5.34. The van der Waals surface area contributed by atoms with Gasteiger partial charge in [0.15, 0.2) is 16.7 Å². The number of fused-ring (bicyclic) bond motifs is 1. The molecule has 1 saturated heterocycles. The van der Waals surface area contributed by atoms with E-state index in [0.29, 0.717) is 41.6 Å². The fraction of sp³-hybridized carbons (Fsp3) is 0.571. The van der Waals surface area contributed by atoms with E-state index in [2.05, 4.69) is 10.3 Å². The van der Waals surface area contributed by atoms with Crippen molar-refractivity contribution in [3.8, 4) is 0 Å². The van der Waals surface area contributed by atoms with Crippen LogP contribution in [0.3, 0.4) is 0 Å². The van der Waals surface area contributed by atoms with Gasteiger partial charge >= 0.3 is 0 Å². The maximum absolute atomic E-state index is 12.5. The number of carbonyl (C=O) groups excluding carboxylic acids is 3. The predicted octanol–water partition coefficient (Wildman–Crippen LogP) is 1.59. The van der Waals surface area contributed by atoms with Crippen molar-refractivity contribution in [2.24, 2.45) is 5.92 Å². The lowest BCUT2D eigenvalue weighted by Crippen LogP contribution is -2.35. The summed E-state index contributed by atoms with van der Waals surface area (Å²) in [5.41, 5.74) is 0.685. The van der Waals surface area contributed by atoms with E-state index in [-0.39, 0.29) is 17.5 Å². The Morgan fingerprint density at radius 2 is 2.19 bits per heavy atom. The van der Waals surface area contributed by atoms with Gasteiger partial charge in [-0.25, -0.2) is 4.98 Å². The van der Waals surface area contributed by atoms with Gasteiger partial charge in [0.25, 0.3) is 0 Å². The van der Waals surface area contributed by atoms with Crippen LogP contribution in [-0.4, -0.2) is 35.2 Å². The summed E-state index contributed by atoms with van der Waals surface area (Å²) < 4.78 is 5.39. The second kappa shape index (κ2) is 5.65. The zero-order valence-corrected chi connectivity index (χ0v) is 12.5. The molecule has 0 spiro atoms. The lowest BCUT2D eigenvalue weighted by molar-refractivity contribution is -0.130. The Hall–Kier alpha value is -1.60. The number of nitrogens with one attached hydrogen (secondary N) is 1. The molecule has 0 radical (unpaired) electrons. The number of rotatable bonds is 3. The molecule has 112 valence electrons. The third-order valence-corrected chi connectivity index (χ3v) is 4.81. The molecule has 1 fully saturated rings. The normalized spacial score (nSPS) is 24.7. The molecule has 1 aromatic rings. The Kier molecular flexibility index (Phi) is 3.86. The molecule has 1 aliphatic carbocycles.